The second-order valence-electron chi connectivity index (χ2n) is 4.84. The minimum Gasteiger partial charge on any atom is -0.388 e. The molecule has 0 saturated carbocycles. The first-order chi connectivity index (χ1) is 8.08. The highest BCUT2D eigenvalue weighted by molar-refractivity contribution is 7.98. The van der Waals surface area contributed by atoms with Gasteiger partial charge in [-0.3, -0.25) is 0 Å². The zero-order chi connectivity index (χ0) is 12.8. The zero-order valence-corrected chi connectivity index (χ0v) is 11.7. The van der Waals surface area contributed by atoms with E-state index in [-0.39, 0.29) is 5.92 Å². The Morgan fingerprint density at radius 2 is 1.82 bits per heavy atom. The van der Waals surface area contributed by atoms with Crippen molar-refractivity contribution in [3.63, 3.8) is 0 Å². The molecule has 0 fully saturated rings. The molecule has 17 heavy (non-hydrogen) atoms. The summed E-state index contributed by atoms with van der Waals surface area (Å²) < 4.78 is 0. The average Bonchev–Trinajstić information content (AvgIpc) is 2.35. The number of aliphatic hydroxyl groups is 1. The molecule has 1 aromatic carbocycles. The van der Waals surface area contributed by atoms with Gasteiger partial charge in [-0.15, -0.1) is 11.8 Å². The largest absolute Gasteiger partial charge is 0.388 e. The number of aliphatic hydroxyl groups excluding tert-OH is 1. The van der Waals surface area contributed by atoms with E-state index < -0.39 is 6.10 Å². The highest BCUT2D eigenvalue weighted by atomic mass is 32.2. The Bertz CT molecular complexity index is 323. The highest BCUT2D eigenvalue weighted by Crippen LogP contribution is 2.28. The number of thioether (sulfide) groups is 1. The predicted octanol–water partition coefficient (Wildman–Crippen LogP) is 3.06. The lowest BCUT2D eigenvalue weighted by atomic mass is 9.88. The van der Waals surface area contributed by atoms with Crippen LogP contribution < -0.4 is 5.73 Å². The molecule has 0 bridgehead atoms. The lowest BCUT2D eigenvalue weighted by Gasteiger charge is -2.23. The topological polar surface area (TPSA) is 46.2 Å². The molecular weight excluding hydrogens is 230 g/mol. The molecule has 0 amide bonds. The van der Waals surface area contributed by atoms with Gasteiger partial charge in [-0.25, -0.2) is 0 Å². The van der Waals surface area contributed by atoms with Gasteiger partial charge in [0.1, 0.15) is 0 Å². The van der Waals surface area contributed by atoms with Crippen LogP contribution in [0.4, 0.5) is 0 Å². The molecule has 2 atom stereocenters. The van der Waals surface area contributed by atoms with Gasteiger partial charge in [0.15, 0.2) is 0 Å². The van der Waals surface area contributed by atoms with Crippen LogP contribution in [0.15, 0.2) is 29.2 Å². The molecule has 2 unspecified atom stereocenters. The Morgan fingerprint density at radius 1 is 1.24 bits per heavy atom. The summed E-state index contributed by atoms with van der Waals surface area (Å²) >= 11 is 1.71. The summed E-state index contributed by atoms with van der Waals surface area (Å²) in [5.41, 5.74) is 6.72. The van der Waals surface area contributed by atoms with E-state index in [1.165, 1.54) is 4.90 Å². The first-order valence-corrected chi connectivity index (χ1v) is 7.33. The summed E-state index contributed by atoms with van der Waals surface area (Å²) in [6.07, 6.45) is 2.56. The van der Waals surface area contributed by atoms with Crippen LogP contribution in [0.1, 0.15) is 31.9 Å². The van der Waals surface area contributed by atoms with Crippen molar-refractivity contribution in [3.05, 3.63) is 29.8 Å². The molecule has 1 rings (SSSR count). The number of hydrogen-bond donors (Lipinski definition) is 2. The van der Waals surface area contributed by atoms with Crippen molar-refractivity contribution in [2.75, 3.05) is 12.8 Å². The van der Waals surface area contributed by atoms with E-state index >= 15 is 0 Å². The van der Waals surface area contributed by atoms with Crippen LogP contribution in [-0.4, -0.2) is 17.9 Å². The van der Waals surface area contributed by atoms with Gasteiger partial charge < -0.3 is 10.8 Å². The Morgan fingerprint density at radius 3 is 2.24 bits per heavy atom. The summed E-state index contributed by atoms with van der Waals surface area (Å²) in [5.74, 6) is 0.707. The lowest BCUT2D eigenvalue weighted by molar-refractivity contribution is 0.0994. The van der Waals surface area contributed by atoms with Crippen LogP contribution in [0.3, 0.4) is 0 Å². The number of nitrogens with two attached hydrogens (primary N) is 1. The van der Waals surface area contributed by atoms with Gasteiger partial charge in [0.05, 0.1) is 6.10 Å². The van der Waals surface area contributed by atoms with E-state index in [1.54, 1.807) is 11.8 Å². The summed E-state index contributed by atoms with van der Waals surface area (Å²) in [7, 11) is 0. The molecule has 0 heterocycles. The number of benzene rings is 1. The standard InChI is InChI=1S/C14H23NOS/c1-10(2)8-12(9-15)14(16)11-4-6-13(17-3)7-5-11/h4-7,10,12,14,16H,8-9,15H2,1-3H3. The lowest BCUT2D eigenvalue weighted by Crippen LogP contribution is -2.23. The van der Waals surface area contributed by atoms with Gasteiger partial charge in [0.2, 0.25) is 0 Å². The maximum Gasteiger partial charge on any atom is 0.0830 e. The summed E-state index contributed by atoms with van der Waals surface area (Å²) in [5, 5.41) is 10.3. The summed E-state index contributed by atoms with van der Waals surface area (Å²) in [4.78, 5) is 1.22. The van der Waals surface area contributed by atoms with E-state index in [0.717, 1.165) is 12.0 Å². The molecule has 0 saturated heterocycles. The SMILES string of the molecule is CSc1ccc(C(O)C(CN)CC(C)C)cc1. The summed E-state index contributed by atoms with van der Waals surface area (Å²) in [6, 6.07) is 8.09. The first-order valence-electron chi connectivity index (χ1n) is 6.10. The third kappa shape index (κ3) is 4.34. The molecule has 0 aliphatic rings. The maximum atomic E-state index is 10.3. The van der Waals surface area contributed by atoms with Gasteiger partial charge in [-0.2, -0.15) is 0 Å². The van der Waals surface area contributed by atoms with Crippen molar-refractivity contribution in [2.45, 2.75) is 31.3 Å². The Hall–Kier alpha value is -0.510. The molecule has 3 N–H and O–H groups in total. The average molecular weight is 253 g/mol. The third-order valence-electron chi connectivity index (χ3n) is 2.98. The highest BCUT2D eigenvalue weighted by Gasteiger charge is 2.20. The Kier molecular flexibility index (Phi) is 6.03. The van der Waals surface area contributed by atoms with Crippen molar-refractivity contribution >= 4 is 11.8 Å². The van der Waals surface area contributed by atoms with Crippen LogP contribution >= 0.6 is 11.8 Å². The quantitative estimate of drug-likeness (QED) is 0.766. The Balaban J connectivity index is 2.74. The molecule has 0 spiro atoms. The van der Waals surface area contributed by atoms with Gasteiger partial charge in [0.25, 0.3) is 0 Å². The van der Waals surface area contributed by atoms with Crippen LogP contribution in [0.2, 0.25) is 0 Å². The van der Waals surface area contributed by atoms with E-state index in [4.69, 9.17) is 5.73 Å². The minimum absolute atomic E-state index is 0.148. The van der Waals surface area contributed by atoms with Crippen LogP contribution in [0.5, 0.6) is 0 Å². The van der Waals surface area contributed by atoms with Crippen molar-refractivity contribution in [1.29, 1.82) is 0 Å². The van der Waals surface area contributed by atoms with Gasteiger partial charge in [-0.05, 0) is 42.8 Å². The second kappa shape index (κ2) is 7.04. The molecule has 1 aromatic rings. The first kappa shape index (κ1) is 14.6. The fourth-order valence-corrected chi connectivity index (χ4v) is 2.44. The van der Waals surface area contributed by atoms with E-state index in [0.29, 0.717) is 12.5 Å². The molecule has 0 aliphatic heterocycles. The predicted molar refractivity (Wildman–Crippen MR) is 75.2 cm³/mol. The number of rotatable bonds is 6. The van der Waals surface area contributed by atoms with E-state index in [9.17, 15) is 5.11 Å². The minimum atomic E-state index is -0.446. The zero-order valence-electron chi connectivity index (χ0n) is 10.9. The molecule has 0 radical (unpaired) electrons. The molecule has 96 valence electrons. The van der Waals surface area contributed by atoms with Gasteiger partial charge >= 0.3 is 0 Å². The fourth-order valence-electron chi connectivity index (χ4n) is 2.03. The van der Waals surface area contributed by atoms with E-state index in [2.05, 4.69) is 13.8 Å². The number of hydrogen-bond acceptors (Lipinski definition) is 3. The third-order valence-corrected chi connectivity index (χ3v) is 3.72. The molecule has 0 aliphatic carbocycles. The van der Waals surface area contributed by atoms with Crippen LogP contribution in [-0.2, 0) is 0 Å². The van der Waals surface area contributed by atoms with Crippen molar-refractivity contribution < 1.29 is 5.11 Å². The second-order valence-corrected chi connectivity index (χ2v) is 5.72. The van der Waals surface area contributed by atoms with Gasteiger partial charge in [-0.1, -0.05) is 26.0 Å². The molecule has 0 aromatic heterocycles. The van der Waals surface area contributed by atoms with E-state index in [1.807, 2.05) is 30.5 Å². The molecular formula is C14H23NOS. The monoisotopic (exact) mass is 253 g/mol. The normalized spacial score (nSPS) is 14.9. The maximum absolute atomic E-state index is 10.3. The van der Waals surface area contributed by atoms with Gasteiger partial charge in [0, 0.05) is 10.8 Å². The van der Waals surface area contributed by atoms with Crippen LogP contribution in [0, 0.1) is 11.8 Å². The van der Waals surface area contributed by atoms with Crippen molar-refractivity contribution in [3.8, 4) is 0 Å². The van der Waals surface area contributed by atoms with Crippen LogP contribution in [0.25, 0.3) is 0 Å². The fraction of sp³-hybridized carbons (Fsp3) is 0.571. The smallest absolute Gasteiger partial charge is 0.0830 e. The molecule has 3 heteroatoms. The summed E-state index contributed by atoms with van der Waals surface area (Å²) in [6.45, 7) is 4.85. The van der Waals surface area contributed by atoms with Crippen molar-refractivity contribution in [1.82, 2.24) is 0 Å². The Labute approximate surface area is 109 Å². The molecule has 2 nitrogen and oxygen atoms in total. The van der Waals surface area contributed by atoms with Crippen molar-refractivity contribution in [2.24, 2.45) is 17.6 Å².